The van der Waals surface area contributed by atoms with Crippen molar-refractivity contribution in [3.8, 4) is 0 Å². The van der Waals surface area contributed by atoms with Gasteiger partial charge in [0.25, 0.3) is 0 Å². The Bertz CT molecular complexity index is 241. The van der Waals surface area contributed by atoms with Gasteiger partial charge in [0.15, 0.2) is 0 Å². The molecule has 1 aliphatic rings. The highest BCUT2D eigenvalue weighted by atomic mass is 15.3. The summed E-state index contributed by atoms with van der Waals surface area (Å²) in [4.78, 5) is 2.92. The maximum atomic E-state index is 7.93. The predicted octanol–water partition coefficient (Wildman–Crippen LogP) is 1.03. The molecule has 2 nitrogen and oxygen atoms in total. The Labute approximate surface area is 75.8 Å². The van der Waals surface area contributed by atoms with Crippen molar-refractivity contribution in [2.45, 2.75) is 32.4 Å². The van der Waals surface area contributed by atoms with Gasteiger partial charge in [0, 0.05) is 30.1 Å². The number of likely N-dealkylation sites (N-methyl/N-ethyl adjacent to an activating group) is 1. The molecule has 0 N–H and O–H groups in total. The molecule has 0 amide bonds. The van der Waals surface area contributed by atoms with Crippen molar-refractivity contribution in [2.24, 2.45) is 0 Å². The molecule has 0 aromatic carbocycles. The van der Waals surface area contributed by atoms with Crippen LogP contribution in [0.2, 0.25) is 0 Å². The van der Waals surface area contributed by atoms with Crippen molar-refractivity contribution in [1.29, 1.82) is 0 Å². The van der Waals surface area contributed by atoms with Crippen LogP contribution in [0.4, 0.5) is 0 Å². The fourth-order valence-electron chi connectivity index (χ4n) is 0.863. The Morgan fingerprint density at radius 2 is 1.82 bits per heavy atom. The van der Waals surface area contributed by atoms with Gasteiger partial charge in [0.05, 0.1) is 0 Å². The third-order valence-electron chi connectivity index (χ3n) is 1.69. The number of hydrogen-bond donors (Lipinski definition) is 0. The largest absolute Gasteiger partial charge is 0.304 e. The fraction of sp³-hybridized carbons (Fsp3) is 1.00. The molecule has 0 aromatic rings. The lowest BCUT2D eigenvalue weighted by molar-refractivity contribution is -0.00401. The molecule has 0 saturated carbocycles. The molecule has 1 heterocycles. The Balaban J connectivity index is 3.05. The zero-order chi connectivity index (χ0) is 12.2. The van der Waals surface area contributed by atoms with E-state index < -0.39 is 24.6 Å². The molecule has 0 aliphatic carbocycles. The minimum absolute atomic E-state index is 0.514. The first-order valence-corrected chi connectivity index (χ1v) is 3.90. The summed E-state index contributed by atoms with van der Waals surface area (Å²) in [7, 11) is 3.42. The van der Waals surface area contributed by atoms with Gasteiger partial charge in [-0.3, -0.25) is 4.90 Å². The third kappa shape index (κ3) is 1.94. The van der Waals surface area contributed by atoms with E-state index in [1.54, 1.807) is 19.0 Å². The molecule has 2 heteroatoms. The van der Waals surface area contributed by atoms with Crippen molar-refractivity contribution in [2.75, 3.05) is 27.1 Å². The Morgan fingerprint density at radius 1 is 1.36 bits per heavy atom. The second kappa shape index (κ2) is 2.76. The van der Waals surface area contributed by atoms with E-state index >= 15 is 0 Å². The van der Waals surface area contributed by atoms with Crippen LogP contribution < -0.4 is 0 Å². The maximum absolute atomic E-state index is 7.93. The number of rotatable bonds is 1. The van der Waals surface area contributed by atoms with E-state index in [0.717, 1.165) is 0 Å². The van der Waals surface area contributed by atoms with Crippen LogP contribution in [0.3, 0.4) is 0 Å². The van der Waals surface area contributed by atoms with Crippen molar-refractivity contribution in [1.82, 2.24) is 9.80 Å². The first-order chi connectivity index (χ1) is 6.43. The molecule has 0 atom stereocenters. The van der Waals surface area contributed by atoms with E-state index in [1.807, 2.05) is 20.8 Å². The molecule has 66 valence electrons. The average molecular weight is 160 g/mol. The lowest BCUT2D eigenvalue weighted by Crippen LogP contribution is -2.63. The molecule has 0 spiro atoms. The first kappa shape index (κ1) is 4.83. The van der Waals surface area contributed by atoms with Crippen LogP contribution in [0.25, 0.3) is 0 Å². The lowest BCUT2D eigenvalue weighted by Gasteiger charge is -2.49. The SMILES string of the molecule is [2H]C1([2H])C(N(C)C)C([2H])([2H])N1C(C)(C)C. The molecule has 0 bridgehead atoms. The van der Waals surface area contributed by atoms with Crippen LogP contribution in [-0.4, -0.2) is 48.5 Å². The minimum atomic E-state index is -1.62. The van der Waals surface area contributed by atoms with E-state index in [4.69, 9.17) is 5.48 Å². The Kier molecular flexibility index (Phi) is 1.21. The highest BCUT2D eigenvalue weighted by molar-refractivity contribution is 4.92. The number of hydrogen-bond acceptors (Lipinski definition) is 2. The molecule has 1 rings (SSSR count). The molecule has 0 aromatic heterocycles. The zero-order valence-corrected chi connectivity index (χ0v) is 7.97. The van der Waals surface area contributed by atoms with Gasteiger partial charge in [-0.2, -0.15) is 0 Å². The fourth-order valence-corrected chi connectivity index (χ4v) is 0.863. The quantitative estimate of drug-likeness (QED) is 0.565. The van der Waals surface area contributed by atoms with Gasteiger partial charge in [0.2, 0.25) is 0 Å². The number of likely N-dealkylation sites (tertiary alicyclic amines) is 1. The normalized spacial score (nSPS) is 36.9. The van der Waals surface area contributed by atoms with Crippen molar-refractivity contribution in [3.63, 3.8) is 0 Å². The predicted molar refractivity (Wildman–Crippen MR) is 48.8 cm³/mol. The Morgan fingerprint density at radius 3 is 2.09 bits per heavy atom. The monoisotopic (exact) mass is 160 g/mol. The Hall–Kier alpha value is -0.0800. The van der Waals surface area contributed by atoms with E-state index in [1.165, 1.54) is 4.90 Å². The molecule has 1 aliphatic heterocycles. The van der Waals surface area contributed by atoms with Crippen molar-refractivity contribution in [3.05, 3.63) is 0 Å². The van der Waals surface area contributed by atoms with Gasteiger partial charge in [-0.05, 0) is 34.9 Å². The summed E-state index contributed by atoms with van der Waals surface area (Å²) in [5.74, 6) is 0. The molecular formula is C9H20N2. The summed E-state index contributed by atoms with van der Waals surface area (Å²) < 4.78 is 31.7. The van der Waals surface area contributed by atoms with Crippen LogP contribution in [0, 0.1) is 0 Å². The van der Waals surface area contributed by atoms with Gasteiger partial charge in [-0.15, -0.1) is 0 Å². The summed E-state index contributed by atoms with van der Waals surface area (Å²) in [5, 5.41) is 0. The van der Waals surface area contributed by atoms with Crippen molar-refractivity contribution < 1.29 is 5.48 Å². The molecular weight excluding hydrogens is 136 g/mol. The summed E-state index contributed by atoms with van der Waals surface area (Å²) in [6.45, 7) is 2.24. The zero-order valence-electron chi connectivity index (χ0n) is 12.0. The summed E-state index contributed by atoms with van der Waals surface area (Å²) in [5.41, 5.74) is -0.514. The maximum Gasteiger partial charge on any atom is 0.0448 e. The van der Waals surface area contributed by atoms with E-state index in [-0.39, 0.29) is 0 Å². The smallest absolute Gasteiger partial charge is 0.0448 e. The standard InChI is InChI=1S/C9H20N2/c1-9(2,3)11-6-8(7-11)10(4)5/h8H,6-7H2,1-5H3/i6D2,7D2. The van der Waals surface area contributed by atoms with E-state index in [9.17, 15) is 0 Å². The summed E-state index contributed by atoms with van der Waals surface area (Å²) in [6, 6.07) is -0.718. The molecule has 1 saturated heterocycles. The second-order valence-corrected chi connectivity index (χ2v) is 4.13. The molecule has 1 fully saturated rings. The van der Waals surface area contributed by atoms with Gasteiger partial charge < -0.3 is 4.90 Å². The highest BCUT2D eigenvalue weighted by Gasteiger charge is 2.34. The highest BCUT2D eigenvalue weighted by Crippen LogP contribution is 2.22. The van der Waals surface area contributed by atoms with E-state index in [2.05, 4.69) is 0 Å². The van der Waals surface area contributed by atoms with Crippen LogP contribution in [-0.2, 0) is 0 Å². The topological polar surface area (TPSA) is 6.48 Å². The van der Waals surface area contributed by atoms with Crippen LogP contribution >= 0.6 is 0 Å². The molecule has 0 radical (unpaired) electrons. The first-order valence-electron chi connectivity index (χ1n) is 5.90. The van der Waals surface area contributed by atoms with Gasteiger partial charge >= 0.3 is 0 Å². The van der Waals surface area contributed by atoms with Crippen LogP contribution in [0.1, 0.15) is 26.3 Å². The third-order valence-corrected chi connectivity index (χ3v) is 1.69. The summed E-state index contributed by atoms with van der Waals surface area (Å²) >= 11 is 0. The van der Waals surface area contributed by atoms with Crippen LogP contribution in [0.5, 0.6) is 0 Å². The minimum Gasteiger partial charge on any atom is -0.304 e. The van der Waals surface area contributed by atoms with Crippen molar-refractivity contribution >= 4 is 0 Å². The second-order valence-electron chi connectivity index (χ2n) is 4.13. The lowest BCUT2D eigenvalue weighted by atomic mass is 9.97. The van der Waals surface area contributed by atoms with Gasteiger partial charge in [0.1, 0.15) is 0 Å². The van der Waals surface area contributed by atoms with E-state index in [0.29, 0.717) is 0 Å². The average Bonchev–Trinajstić information content (AvgIpc) is 1.73. The van der Waals surface area contributed by atoms with Gasteiger partial charge in [-0.1, -0.05) is 0 Å². The summed E-state index contributed by atoms with van der Waals surface area (Å²) in [6.07, 6.45) is 0. The van der Waals surface area contributed by atoms with Crippen LogP contribution in [0.15, 0.2) is 0 Å². The molecule has 0 unspecified atom stereocenters. The van der Waals surface area contributed by atoms with Gasteiger partial charge in [-0.25, -0.2) is 0 Å². The number of nitrogens with zero attached hydrogens (tertiary/aromatic N) is 2. The molecule has 11 heavy (non-hydrogen) atoms.